The van der Waals surface area contributed by atoms with Gasteiger partial charge in [-0.1, -0.05) is 29.3 Å². The van der Waals surface area contributed by atoms with Crippen molar-refractivity contribution < 1.29 is 13.9 Å². The highest BCUT2D eigenvalue weighted by Gasteiger charge is 2.20. The van der Waals surface area contributed by atoms with Crippen LogP contribution in [0.2, 0.25) is 10.0 Å². The summed E-state index contributed by atoms with van der Waals surface area (Å²) in [6.45, 7) is 3.78. The molecule has 4 aromatic rings. The van der Waals surface area contributed by atoms with Crippen LogP contribution in [0.25, 0.3) is 27.7 Å². The van der Waals surface area contributed by atoms with Gasteiger partial charge in [0, 0.05) is 44.9 Å². The Balaban J connectivity index is 1.80. The van der Waals surface area contributed by atoms with Crippen LogP contribution in [0.15, 0.2) is 65.5 Å². The maximum atomic E-state index is 12.6. The molecule has 1 N–H and O–H groups in total. The highest BCUT2D eigenvalue weighted by Crippen LogP contribution is 2.42. The first-order chi connectivity index (χ1) is 15.4. The van der Waals surface area contributed by atoms with Crippen LogP contribution in [-0.2, 0) is 4.79 Å². The number of fused-ring (bicyclic) bond motifs is 1. The summed E-state index contributed by atoms with van der Waals surface area (Å²) in [6, 6.07) is 10.8. The van der Waals surface area contributed by atoms with E-state index in [4.69, 9.17) is 32.4 Å². The fourth-order valence-corrected chi connectivity index (χ4v) is 4.19. The van der Waals surface area contributed by atoms with Crippen LogP contribution >= 0.6 is 23.2 Å². The molecule has 1 amide bonds. The van der Waals surface area contributed by atoms with E-state index in [0.29, 0.717) is 27.1 Å². The van der Waals surface area contributed by atoms with Gasteiger partial charge in [-0.3, -0.25) is 9.78 Å². The number of hydrogen-bond acceptors (Lipinski definition) is 4. The number of carbonyl (C=O) groups excluding carboxylic acids is 1. The lowest BCUT2D eigenvalue weighted by Crippen LogP contribution is -2.08. The third-order valence-corrected chi connectivity index (χ3v) is 5.72. The van der Waals surface area contributed by atoms with Gasteiger partial charge in [0.15, 0.2) is 0 Å². The van der Waals surface area contributed by atoms with Gasteiger partial charge in [-0.2, -0.15) is 0 Å². The highest BCUT2D eigenvalue weighted by molar-refractivity contribution is 6.36. The molecule has 0 saturated heterocycles. The summed E-state index contributed by atoms with van der Waals surface area (Å²) >= 11 is 12.5. The second-order valence-corrected chi connectivity index (χ2v) is 8.13. The summed E-state index contributed by atoms with van der Waals surface area (Å²) in [6.07, 6.45) is 6.44. The molecule has 2 aromatic heterocycles. The number of methoxy groups -OCH3 is 1. The van der Waals surface area contributed by atoms with Gasteiger partial charge in [0.05, 0.1) is 30.3 Å². The number of aryl methyl sites for hydroxylation is 1. The zero-order valence-corrected chi connectivity index (χ0v) is 19.2. The third kappa shape index (κ3) is 4.22. The maximum Gasteiger partial charge on any atom is 0.248 e. The van der Waals surface area contributed by atoms with Crippen molar-refractivity contribution in [1.82, 2.24) is 4.98 Å². The maximum absolute atomic E-state index is 12.6. The predicted molar refractivity (Wildman–Crippen MR) is 129 cm³/mol. The van der Waals surface area contributed by atoms with Crippen LogP contribution in [0.4, 0.5) is 5.69 Å². The van der Waals surface area contributed by atoms with Gasteiger partial charge in [-0.15, -0.1) is 0 Å². The van der Waals surface area contributed by atoms with E-state index in [0.717, 1.165) is 33.2 Å². The Hall–Kier alpha value is -3.28. The molecule has 5 nitrogen and oxygen atoms in total. The first-order valence-corrected chi connectivity index (χ1v) is 10.6. The summed E-state index contributed by atoms with van der Waals surface area (Å²) in [7, 11) is 1.60. The van der Waals surface area contributed by atoms with Crippen molar-refractivity contribution in [2.45, 2.75) is 13.8 Å². The van der Waals surface area contributed by atoms with Crippen LogP contribution in [0, 0.1) is 6.92 Å². The lowest BCUT2D eigenvalue weighted by atomic mass is 9.96. The number of nitrogens with zero attached hydrogens (tertiary/aromatic N) is 1. The molecule has 0 fully saturated rings. The van der Waals surface area contributed by atoms with Crippen LogP contribution in [0.5, 0.6) is 5.75 Å². The molecule has 0 atom stereocenters. The van der Waals surface area contributed by atoms with Crippen molar-refractivity contribution >= 4 is 51.3 Å². The van der Waals surface area contributed by atoms with Crippen LogP contribution in [-0.4, -0.2) is 18.0 Å². The van der Waals surface area contributed by atoms with Gasteiger partial charge in [0.2, 0.25) is 5.91 Å². The minimum Gasteiger partial charge on any atom is -0.496 e. The van der Waals surface area contributed by atoms with Crippen molar-refractivity contribution in [2.24, 2.45) is 0 Å². The minimum atomic E-state index is -0.261. The van der Waals surface area contributed by atoms with Crippen molar-refractivity contribution in [3.8, 4) is 16.9 Å². The fraction of sp³-hybridized carbons (Fsp3) is 0.120. The SMILES string of the molecule is COc1c(/C(C)=C/C(=O)Nc2cccnc2)cc2c(-c3ccc(Cl)cc3Cl)coc2c1C. The zero-order chi connectivity index (χ0) is 22.8. The number of halogens is 2. The second-order valence-electron chi connectivity index (χ2n) is 7.29. The van der Waals surface area contributed by atoms with E-state index in [2.05, 4.69) is 10.3 Å². The molecule has 32 heavy (non-hydrogen) atoms. The molecule has 0 spiro atoms. The second kappa shape index (κ2) is 9.07. The number of benzene rings is 2. The monoisotopic (exact) mass is 466 g/mol. The smallest absolute Gasteiger partial charge is 0.248 e. The van der Waals surface area contributed by atoms with Crippen molar-refractivity contribution in [2.75, 3.05) is 12.4 Å². The quantitative estimate of drug-likeness (QED) is 0.316. The normalized spacial score (nSPS) is 11.6. The molecule has 4 rings (SSSR count). The van der Waals surface area contributed by atoms with E-state index in [1.165, 1.54) is 6.08 Å². The van der Waals surface area contributed by atoms with Gasteiger partial charge in [0.25, 0.3) is 0 Å². The van der Waals surface area contributed by atoms with Gasteiger partial charge in [0.1, 0.15) is 11.3 Å². The number of carbonyl (C=O) groups is 1. The topological polar surface area (TPSA) is 64.4 Å². The number of anilines is 1. The Bertz CT molecular complexity index is 1340. The highest BCUT2D eigenvalue weighted by atomic mass is 35.5. The fourth-order valence-electron chi connectivity index (χ4n) is 3.68. The largest absolute Gasteiger partial charge is 0.496 e. The van der Waals surface area contributed by atoms with E-state index in [1.807, 2.05) is 26.0 Å². The van der Waals surface area contributed by atoms with E-state index in [-0.39, 0.29) is 5.91 Å². The van der Waals surface area contributed by atoms with E-state index >= 15 is 0 Å². The number of allylic oxidation sites excluding steroid dienone is 1. The first-order valence-electron chi connectivity index (χ1n) is 9.83. The standard InChI is InChI=1S/C25H20Cl2N2O3/c1-14(9-23(30)29-17-5-4-8-28-12-17)19-11-20-21(18-7-6-16(26)10-22(18)27)13-32-25(20)15(2)24(19)31-3/h4-13H,1-3H3,(H,29,30)/b14-9+. The van der Waals surface area contributed by atoms with Gasteiger partial charge in [-0.05, 0) is 49.8 Å². The van der Waals surface area contributed by atoms with Crippen LogP contribution in [0.3, 0.4) is 0 Å². The number of amides is 1. The molecule has 0 unspecified atom stereocenters. The van der Waals surface area contributed by atoms with E-state index in [1.54, 1.807) is 50.0 Å². The van der Waals surface area contributed by atoms with Crippen LogP contribution in [0.1, 0.15) is 18.1 Å². The molecule has 0 aliphatic carbocycles. The molecule has 7 heteroatoms. The third-order valence-electron chi connectivity index (χ3n) is 5.17. The molecule has 162 valence electrons. The minimum absolute atomic E-state index is 0.261. The molecule has 0 aliphatic heterocycles. The molecule has 0 aliphatic rings. The molecular formula is C25H20Cl2N2O3. The number of nitrogens with one attached hydrogen (secondary N) is 1. The number of furan rings is 1. The van der Waals surface area contributed by atoms with Crippen molar-refractivity contribution in [1.29, 1.82) is 0 Å². The number of ether oxygens (including phenoxy) is 1. The Morgan fingerprint density at radius 3 is 2.69 bits per heavy atom. The van der Waals surface area contributed by atoms with E-state index in [9.17, 15) is 4.79 Å². The lowest BCUT2D eigenvalue weighted by molar-refractivity contribution is -0.111. The van der Waals surface area contributed by atoms with E-state index < -0.39 is 0 Å². The molecule has 0 radical (unpaired) electrons. The summed E-state index contributed by atoms with van der Waals surface area (Å²) in [5.74, 6) is 0.381. The molecule has 0 saturated carbocycles. The van der Waals surface area contributed by atoms with Gasteiger partial charge < -0.3 is 14.5 Å². The van der Waals surface area contributed by atoms with Gasteiger partial charge >= 0.3 is 0 Å². The molecule has 2 aromatic carbocycles. The predicted octanol–water partition coefficient (Wildman–Crippen LogP) is 7.16. The summed E-state index contributed by atoms with van der Waals surface area (Å²) in [5.41, 5.74) is 5.31. The van der Waals surface area contributed by atoms with Crippen molar-refractivity contribution in [3.05, 3.63) is 82.3 Å². The average molecular weight is 467 g/mol. The summed E-state index contributed by atoms with van der Waals surface area (Å²) in [5, 5.41) is 4.76. The molecule has 0 bridgehead atoms. The Kier molecular flexibility index (Phi) is 6.21. The summed E-state index contributed by atoms with van der Waals surface area (Å²) < 4.78 is 11.6. The van der Waals surface area contributed by atoms with Crippen LogP contribution < -0.4 is 10.1 Å². The lowest BCUT2D eigenvalue weighted by Gasteiger charge is -2.13. The zero-order valence-electron chi connectivity index (χ0n) is 17.7. The van der Waals surface area contributed by atoms with Crippen molar-refractivity contribution in [3.63, 3.8) is 0 Å². The number of aromatic nitrogens is 1. The Morgan fingerprint density at radius 1 is 1.19 bits per heavy atom. The average Bonchev–Trinajstić information content (AvgIpc) is 3.18. The Morgan fingerprint density at radius 2 is 2.00 bits per heavy atom. The molecule has 2 heterocycles. The molecular weight excluding hydrogens is 447 g/mol. The summed E-state index contributed by atoms with van der Waals surface area (Å²) in [4.78, 5) is 16.6. The number of hydrogen-bond donors (Lipinski definition) is 1. The number of rotatable bonds is 5. The number of pyridine rings is 1. The first kappa shape index (κ1) is 21.9. The van der Waals surface area contributed by atoms with Gasteiger partial charge in [-0.25, -0.2) is 0 Å². The Labute approximate surface area is 195 Å².